The molecule has 17 heavy (non-hydrogen) atoms. The number of nitrogens with zero attached hydrogens (tertiary/aromatic N) is 1. The van der Waals surface area contributed by atoms with Crippen molar-refractivity contribution in [3.63, 3.8) is 0 Å². The number of carbonyl (C=O) groups is 2. The van der Waals surface area contributed by atoms with Crippen LogP contribution in [-0.2, 0) is 9.53 Å². The summed E-state index contributed by atoms with van der Waals surface area (Å²) in [7, 11) is 0. The summed E-state index contributed by atoms with van der Waals surface area (Å²) in [6, 6.07) is 0. The number of hydrogen-bond donors (Lipinski definition) is 1. The van der Waals surface area contributed by atoms with Crippen LogP contribution in [0.2, 0.25) is 0 Å². The zero-order chi connectivity index (χ0) is 13.5. The van der Waals surface area contributed by atoms with Crippen LogP contribution >= 0.6 is 0 Å². The van der Waals surface area contributed by atoms with Gasteiger partial charge in [-0.15, -0.1) is 0 Å². The van der Waals surface area contributed by atoms with E-state index in [9.17, 15) is 9.59 Å². The van der Waals surface area contributed by atoms with Crippen molar-refractivity contribution in [3.05, 3.63) is 31.0 Å². The highest BCUT2D eigenvalue weighted by Crippen LogP contribution is 2.06. The summed E-state index contributed by atoms with van der Waals surface area (Å²) in [6.45, 7) is 8.71. The largest absolute Gasteiger partial charge is 0.475 e. The van der Waals surface area contributed by atoms with Crippen LogP contribution in [0.15, 0.2) is 29.7 Å². The number of esters is 1. The van der Waals surface area contributed by atoms with E-state index in [1.807, 2.05) is 20.8 Å². The van der Waals surface area contributed by atoms with Gasteiger partial charge in [0.25, 0.3) is 0 Å². The number of ether oxygens (including phenoxy) is 1. The smallest absolute Gasteiger partial charge is 0.373 e. The maximum atomic E-state index is 10.5. The van der Waals surface area contributed by atoms with Crippen molar-refractivity contribution in [2.24, 2.45) is 0 Å². The first kappa shape index (κ1) is 14.9. The molecular weight excluding hydrogens is 226 g/mol. The fraction of sp³-hybridized carbons (Fsp3) is 0.364. The van der Waals surface area contributed by atoms with Crippen LogP contribution in [0, 0.1) is 0 Å². The van der Waals surface area contributed by atoms with Gasteiger partial charge in [-0.3, -0.25) is 0 Å². The molecule has 1 aromatic heterocycles. The maximum absolute atomic E-state index is 10.5. The molecule has 94 valence electrons. The van der Waals surface area contributed by atoms with Gasteiger partial charge in [0.15, 0.2) is 6.39 Å². The first-order valence-corrected chi connectivity index (χ1v) is 4.73. The van der Waals surface area contributed by atoms with Gasteiger partial charge in [-0.2, -0.15) is 0 Å². The number of hydrogen-bond acceptors (Lipinski definition) is 5. The number of carboxylic acid groups (broad SMARTS) is 1. The van der Waals surface area contributed by atoms with Gasteiger partial charge in [-0.25, -0.2) is 14.6 Å². The average molecular weight is 241 g/mol. The average Bonchev–Trinajstić information content (AvgIpc) is 2.68. The highest BCUT2D eigenvalue weighted by molar-refractivity contribution is 5.83. The zero-order valence-electron chi connectivity index (χ0n) is 9.97. The van der Waals surface area contributed by atoms with E-state index in [0.717, 1.165) is 18.7 Å². The van der Waals surface area contributed by atoms with E-state index in [4.69, 9.17) is 9.84 Å². The normalized spacial score (nSPS) is 9.82. The lowest BCUT2D eigenvalue weighted by Crippen LogP contribution is -2.22. The zero-order valence-corrected chi connectivity index (χ0v) is 9.97. The summed E-state index contributed by atoms with van der Waals surface area (Å²) >= 11 is 0. The maximum Gasteiger partial charge on any atom is 0.373 e. The van der Waals surface area contributed by atoms with E-state index in [0.29, 0.717) is 0 Å². The molecule has 0 amide bonds. The van der Waals surface area contributed by atoms with Crippen molar-refractivity contribution < 1.29 is 23.8 Å². The van der Waals surface area contributed by atoms with Crippen molar-refractivity contribution in [2.75, 3.05) is 0 Å². The standard InChI is InChI=1S/C7H12O2.C4H3NO3/c1-5-6(8)9-7(2,3)4;6-4(7)3-1-5-2-8-3/h5H,1H2,2-4H3;1-2H,(H,6,7). The van der Waals surface area contributed by atoms with Gasteiger partial charge in [-0.05, 0) is 20.8 Å². The van der Waals surface area contributed by atoms with Crippen molar-refractivity contribution in [3.8, 4) is 0 Å². The molecule has 0 aliphatic rings. The van der Waals surface area contributed by atoms with Crippen molar-refractivity contribution in [2.45, 2.75) is 26.4 Å². The predicted octanol–water partition coefficient (Wildman–Crippen LogP) is 1.89. The fourth-order valence-corrected chi connectivity index (χ4v) is 0.665. The van der Waals surface area contributed by atoms with E-state index in [1.165, 1.54) is 0 Å². The van der Waals surface area contributed by atoms with Gasteiger partial charge in [0.1, 0.15) is 5.60 Å². The minimum Gasteiger partial charge on any atom is -0.475 e. The Balaban J connectivity index is 0.000000302. The molecule has 0 spiro atoms. The molecule has 0 fully saturated rings. The topological polar surface area (TPSA) is 89.6 Å². The van der Waals surface area contributed by atoms with Crippen LogP contribution in [0.1, 0.15) is 31.3 Å². The summed E-state index contributed by atoms with van der Waals surface area (Å²) in [5, 5.41) is 8.14. The third kappa shape index (κ3) is 7.78. The Morgan fingerprint density at radius 2 is 2.12 bits per heavy atom. The van der Waals surface area contributed by atoms with E-state index in [2.05, 4.69) is 16.0 Å². The molecule has 0 saturated heterocycles. The number of carboxylic acids is 1. The lowest BCUT2D eigenvalue weighted by Gasteiger charge is -2.17. The number of carbonyl (C=O) groups excluding carboxylic acids is 1. The molecular formula is C11H15NO5. The summed E-state index contributed by atoms with van der Waals surface area (Å²) in [6.07, 6.45) is 3.37. The van der Waals surface area contributed by atoms with E-state index in [-0.39, 0.29) is 11.7 Å². The predicted molar refractivity (Wildman–Crippen MR) is 59.5 cm³/mol. The Labute approximate surface area is 98.9 Å². The molecule has 6 nitrogen and oxygen atoms in total. The van der Waals surface area contributed by atoms with Crippen molar-refractivity contribution >= 4 is 11.9 Å². The lowest BCUT2D eigenvalue weighted by molar-refractivity contribution is -0.148. The summed E-state index contributed by atoms with van der Waals surface area (Å²) < 4.78 is 9.21. The van der Waals surface area contributed by atoms with Gasteiger partial charge in [0.2, 0.25) is 5.76 Å². The van der Waals surface area contributed by atoms with Crippen LogP contribution in [-0.4, -0.2) is 27.6 Å². The minimum absolute atomic E-state index is 0.134. The van der Waals surface area contributed by atoms with Crippen LogP contribution < -0.4 is 0 Å². The molecule has 1 N–H and O–H groups in total. The second-order valence-electron chi connectivity index (χ2n) is 3.91. The van der Waals surface area contributed by atoms with Gasteiger partial charge < -0.3 is 14.3 Å². The summed E-state index contributed by atoms with van der Waals surface area (Å²) in [5.74, 6) is -1.60. The summed E-state index contributed by atoms with van der Waals surface area (Å²) in [5.41, 5.74) is -0.398. The van der Waals surface area contributed by atoms with Crippen LogP contribution in [0.4, 0.5) is 0 Å². The lowest BCUT2D eigenvalue weighted by atomic mass is 10.2. The number of rotatable bonds is 2. The fourth-order valence-electron chi connectivity index (χ4n) is 0.665. The Kier molecular flexibility index (Phi) is 5.66. The van der Waals surface area contributed by atoms with Gasteiger partial charge in [-0.1, -0.05) is 6.58 Å². The minimum atomic E-state index is -1.09. The third-order valence-corrected chi connectivity index (χ3v) is 1.22. The van der Waals surface area contributed by atoms with E-state index >= 15 is 0 Å². The molecule has 0 aliphatic heterocycles. The molecule has 0 radical (unpaired) electrons. The first-order chi connectivity index (χ1) is 7.76. The quantitative estimate of drug-likeness (QED) is 0.628. The molecule has 0 atom stereocenters. The van der Waals surface area contributed by atoms with Crippen molar-refractivity contribution in [1.29, 1.82) is 0 Å². The third-order valence-electron chi connectivity index (χ3n) is 1.22. The second-order valence-corrected chi connectivity index (χ2v) is 3.91. The highest BCUT2D eigenvalue weighted by atomic mass is 16.6. The Bertz CT molecular complexity index is 375. The monoisotopic (exact) mass is 241 g/mol. The molecule has 0 saturated carbocycles. The molecule has 0 bridgehead atoms. The molecule has 1 rings (SSSR count). The van der Waals surface area contributed by atoms with Crippen LogP contribution in [0.25, 0.3) is 0 Å². The summed E-state index contributed by atoms with van der Waals surface area (Å²) in [4.78, 5) is 23.8. The SMILES string of the molecule is C=CC(=O)OC(C)(C)C.O=C(O)c1cnco1. The van der Waals surface area contributed by atoms with Crippen molar-refractivity contribution in [1.82, 2.24) is 4.98 Å². The molecule has 0 aliphatic carbocycles. The van der Waals surface area contributed by atoms with E-state index in [1.54, 1.807) is 0 Å². The Morgan fingerprint density at radius 1 is 1.53 bits per heavy atom. The molecule has 0 unspecified atom stereocenters. The van der Waals surface area contributed by atoms with Crippen LogP contribution in [0.5, 0.6) is 0 Å². The van der Waals surface area contributed by atoms with E-state index < -0.39 is 11.6 Å². The first-order valence-electron chi connectivity index (χ1n) is 4.73. The molecule has 0 aromatic carbocycles. The number of oxazole rings is 1. The molecule has 6 heteroatoms. The molecule has 1 aromatic rings. The Morgan fingerprint density at radius 3 is 2.29 bits per heavy atom. The van der Waals surface area contributed by atoms with Gasteiger partial charge in [0.05, 0.1) is 6.20 Å². The van der Waals surface area contributed by atoms with Gasteiger partial charge >= 0.3 is 11.9 Å². The van der Waals surface area contributed by atoms with Crippen LogP contribution in [0.3, 0.4) is 0 Å². The number of aromatic nitrogens is 1. The molecule has 1 heterocycles. The van der Waals surface area contributed by atoms with Gasteiger partial charge in [0, 0.05) is 6.08 Å². The highest BCUT2D eigenvalue weighted by Gasteiger charge is 2.12. The number of aromatic carboxylic acids is 1. The second kappa shape index (κ2) is 6.47. The Hall–Kier alpha value is -2.11.